The molecule has 0 spiro atoms. The number of aliphatic carboxylic acids is 1. The second-order valence-corrected chi connectivity index (χ2v) is 6.31. The average Bonchev–Trinajstić information content (AvgIpc) is 2.63. The minimum absolute atomic E-state index is 0.0346. The van der Waals surface area contributed by atoms with Crippen molar-refractivity contribution in [1.29, 1.82) is 0 Å². The summed E-state index contributed by atoms with van der Waals surface area (Å²) in [4.78, 5) is 23.3. The first-order chi connectivity index (χ1) is 12.9. The monoisotopic (exact) mass is 388 g/mol. The molecular weight excluding hydrogens is 372 g/mol. The molecule has 0 aliphatic carbocycles. The van der Waals surface area contributed by atoms with Gasteiger partial charge in [0.1, 0.15) is 17.3 Å². The van der Waals surface area contributed by atoms with Crippen molar-refractivity contribution in [2.45, 2.75) is 13.3 Å². The minimum Gasteiger partial charge on any atom is -0.496 e. The maximum atomic E-state index is 12.5. The Morgan fingerprint density at radius 3 is 2.70 bits per heavy atom. The van der Waals surface area contributed by atoms with E-state index >= 15 is 0 Å². The lowest BCUT2D eigenvalue weighted by Crippen LogP contribution is -2.06. The molecule has 1 N–H and O–H groups in total. The molecule has 0 aliphatic rings. The van der Waals surface area contributed by atoms with E-state index in [4.69, 9.17) is 30.6 Å². The van der Waals surface area contributed by atoms with Crippen molar-refractivity contribution in [2.24, 2.45) is 0 Å². The van der Waals surface area contributed by atoms with Crippen LogP contribution in [-0.2, 0) is 4.79 Å². The molecule has 0 fully saturated rings. The van der Waals surface area contributed by atoms with E-state index in [1.165, 1.54) is 13.2 Å². The minimum atomic E-state index is -0.973. The zero-order valence-corrected chi connectivity index (χ0v) is 15.5. The zero-order chi connectivity index (χ0) is 19.6. The summed E-state index contributed by atoms with van der Waals surface area (Å²) in [6.45, 7) is 1.81. The Labute approximate surface area is 159 Å². The lowest BCUT2D eigenvalue weighted by molar-refractivity contribution is -0.137. The Hall–Kier alpha value is -2.99. The van der Waals surface area contributed by atoms with Gasteiger partial charge in [0, 0.05) is 12.1 Å². The number of aryl methyl sites for hydroxylation is 1. The number of fused-ring (bicyclic) bond motifs is 1. The van der Waals surface area contributed by atoms with Crippen LogP contribution in [0.15, 0.2) is 45.6 Å². The Morgan fingerprint density at radius 2 is 2.00 bits per heavy atom. The number of methoxy groups -OCH3 is 1. The molecule has 0 aliphatic heterocycles. The molecule has 3 rings (SSSR count). The third-order valence-corrected chi connectivity index (χ3v) is 4.34. The van der Waals surface area contributed by atoms with E-state index in [0.717, 1.165) is 5.56 Å². The van der Waals surface area contributed by atoms with Crippen LogP contribution < -0.4 is 14.9 Å². The molecule has 0 radical (unpaired) electrons. The van der Waals surface area contributed by atoms with Crippen LogP contribution in [0, 0.1) is 6.92 Å². The van der Waals surface area contributed by atoms with Crippen molar-refractivity contribution in [3.8, 4) is 22.8 Å². The SMILES string of the molecule is COc1cc(OCCC(=O)O)c(-c2cc(=O)c3cccc(Cl)c3o2)cc1C. The van der Waals surface area contributed by atoms with Crippen molar-refractivity contribution in [3.63, 3.8) is 0 Å². The van der Waals surface area contributed by atoms with Gasteiger partial charge in [-0.15, -0.1) is 0 Å². The Kier molecular flexibility index (Phi) is 5.37. The van der Waals surface area contributed by atoms with Gasteiger partial charge >= 0.3 is 5.97 Å². The van der Waals surface area contributed by atoms with Crippen molar-refractivity contribution in [3.05, 3.63) is 57.2 Å². The normalized spacial score (nSPS) is 10.8. The number of carboxylic acid groups (broad SMARTS) is 1. The summed E-state index contributed by atoms with van der Waals surface area (Å²) in [5.74, 6) is 0.231. The summed E-state index contributed by atoms with van der Waals surface area (Å²) >= 11 is 6.18. The van der Waals surface area contributed by atoms with Gasteiger partial charge < -0.3 is 19.0 Å². The Morgan fingerprint density at radius 1 is 1.22 bits per heavy atom. The maximum absolute atomic E-state index is 12.5. The highest BCUT2D eigenvalue weighted by molar-refractivity contribution is 6.34. The van der Waals surface area contributed by atoms with Crippen LogP contribution in [0.4, 0.5) is 0 Å². The molecule has 3 aromatic rings. The molecular formula is C20H17ClO6. The maximum Gasteiger partial charge on any atom is 0.306 e. The molecule has 6 nitrogen and oxygen atoms in total. The highest BCUT2D eigenvalue weighted by atomic mass is 35.5. The van der Waals surface area contributed by atoms with Crippen LogP contribution in [-0.4, -0.2) is 24.8 Å². The van der Waals surface area contributed by atoms with E-state index in [2.05, 4.69) is 0 Å². The summed E-state index contributed by atoms with van der Waals surface area (Å²) in [7, 11) is 1.53. The summed E-state index contributed by atoms with van der Waals surface area (Å²) in [5, 5.41) is 9.53. The largest absolute Gasteiger partial charge is 0.496 e. The van der Waals surface area contributed by atoms with Gasteiger partial charge in [-0.2, -0.15) is 0 Å². The molecule has 0 amide bonds. The molecule has 0 bridgehead atoms. The second kappa shape index (κ2) is 7.72. The topological polar surface area (TPSA) is 86.0 Å². The van der Waals surface area contributed by atoms with E-state index < -0.39 is 5.97 Å². The molecule has 1 heterocycles. The lowest BCUT2D eigenvalue weighted by Gasteiger charge is -2.14. The second-order valence-electron chi connectivity index (χ2n) is 5.90. The highest BCUT2D eigenvalue weighted by Crippen LogP contribution is 2.37. The average molecular weight is 389 g/mol. The molecule has 1 aromatic heterocycles. The number of carbonyl (C=O) groups is 1. The quantitative estimate of drug-likeness (QED) is 0.678. The van der Waals surface area contributed by atoms with E-state index in [9.17, 15) is 9.59 Å². The van der Waals surface area contributed by atoms with Crippen molar-refractivity contribution in [2.75, 3.05) is 13.7 Å². The predicted molar refractivity (Wildman–Crippen MR) is 102 cm³/mol. The van der Waals surface area contributed by atoms with Gasteiger partial charge in [0.15, 0.2) is 11.0 Å². The van der Waals surface area contributed by atoms with E-state index in [1.54, 1.807) is 30.3 Å². The smallest absolute Gasteiger partial charge is 0.306 e. The Balaban J connectivity index is 2.16. The number of ether oxygens (including phenoxy) is 2. The summed E-state index contributed by atoms with van der Waals surface area (Å²) in [6.07, 6.45) is -0.164. The van der Waals surface area contributed by atoms with Crippen LogP contribution >= 0.6 is 11.6 Å². The molecule has 27 heavy (non-hydrogen) atoms. The standard InChI is InChI=1S/C20H17ClO6/c1-11-8-13(17(10-16(11)25-2)26-7-6-19(23)24)18-9-15(22)12-4-3-5-14(21)20(12)27-18/h3-5,8-10H,6-7H2,1-2H3,(H,23,24). The number of rotatable bonds is 6. The van der Waals surface area contributed by atoms with Gasteiger partial charge in [0.2, 0.25) is 0 Å². The predicted octanol–water partition coefficient (Wildman–Crippen LogP) is 4.28. The van der Waals surface area contributed by atoms with Crippen molar-refractivity contribution < 1.29 is 23.8 Å². The summed E-state index contributed by atoms with van der Waals surface area (Å²) in [5.41, 5.74) is 1.36. The molecule has 7 heteroatoms. The van der Waals surface area contributed by atoms with E-state index in [1.807, 2.05) is 6.92 Å². The molecule has 0 saturated carbocycles. The van der Waals surface area contributed by atoms with Gasteiger partial charge in [-0.3, -0.25) is 9.59 Å². The van der Waals surface area contributed by atoms with Crippen LogP contribution in [0.3, 0.4) is 0 Å². The first kappa shape index (κ1) is 18.8. The summed E-state index contributed by atoms with van der Waals surface area (Å²) < 4.78 is 16.8. The number of halogens is 1. The third kappa shape index (κ3) is 3.90. The molecule has 0 saturated heterocycles. The molecule has 0 unspecified atom stereocenters. The number of benzene rings is 2. The van der Waals surface area contributed by atoms with Crippen molar-refractivity contribution >= 4 is 28.5 Å². The number of hydrogen-bond acceptors (Lipinski definition) is 5. The fraction of sp³-hybridized carbons (Fsp3) is 0.200. The molecule has 2 aromatic carbocycles. The first-order valence-electron chi connectivity index (χ1n) is 8.16. The first-order valence-corrected chi connectivity index (χ1v) is 8.54. The number of para-hydroxylation sites is 1. The van der Waals surface area contributed by atoms with Gasteiger partial charge in [0.25, 0.3) is 0 Å². The Bertz CT molecular complexity index is 1070. The fourth-order valence-corrected chi connectivity index (χ4v) is 2.94. The highest BCUT2D eigenvalue weighted by Gasteiger charge is 2.16. The van der Waals surface area contributed by atoms with Gasteiger partial charge in [0.05, 0.1) is 36.1 Å². The van der Waals surface area contributed by atoms with Crippen molar-refractivity contribution in [1.82, 2.24) is 0 Å². The lowest BCUT2D eigenvalue weighted by atomic mass is 10.1. The van der Waals surface area contributed by atoms with Gasteiger partial charge in [-0.25, -0.2) is 0 Å². The van der Waals surface area contributed by atoms with E-state index in [0.29, 0.717) is 27.5 Å². The fourth-order valence-electron chi connectivity index (χ4n) is 2.73. The van der Waals surface area contributed by atoms with Gasteiger partial charge in [-0.05, 0) is 30.7 Å². The van der Waals surface area contributed by atoms with Crippen LogP contribution in [0.5, 0.6) is 11.5 Å². The molecule has 140 valence electrons. The van der Waals surface area contributed by atoms with E-state index in [-0.39, 0.29) is 29.8 Å². The number of carboxylic acids is 1. The van der Waals surface area contributed by atoms with Crippen LogP contribution in [0.1, 0.15) is 12.0 Å². The third-order valence-electron chi connectivity index (χ3n) is 4.04. The molecule has 0 atom stereocenters. The zero-order valence-electron chi connectivity index (χ0n) is 14.7. The van der Waals surface area contributed by atoms with Crippen LogP contribution in [0.2, 0.25) is 5.02 Å². The van der Waals surface area contributed by atoms with Crippen LogP contribution in [0.25, 0.3) is 22.3 Å². The summed E-state index contributed by atoms with van der Waals surface area (Å²) in [6, 6.07) is 9.73. The number of hydrogen-bond donors (Lipinski definition) is 1. The van der Waals surface area contributed by atoms with Gasteiger partial charge in [-0.1, -0.05) is 17.7 Å².